The number of nitrogens with zero attached hydrogens (tertiary/aromatic N) is 3. The average Bonchev–Trinajstić information content (AvgIpc) is 3.04. The van der Waals surface area contributed by atoms with Gasteiger partial charge in [-0.15, -0.1) is 0 Å². The van der Waals surface area contributed by atoms with Crippen molar-refractivity contribution in [1.82, 2.24) is 19.7 Å². The summed E-state index contributed by atoms with van der Waals surface area (Å²) in [6.07, 6.45) is -0.683. The van der Waals surface area contributed by atoms with E-state index >= 15 is 0 Å². The molecular weight excluding hydrogens is 339 g/mol. The van der Waals surface area contributed by atoms with Crippen LogP contribution in [-0.2, 0) is 13.1 Å². The quantitative estimate of drug-likeness (QED) is 0.729. The second-order valence-corrected chi connectivity index (χ2v) is 6.42. The summed E-state index contributed by atoms with van der Waals surface area (Å²) in [5, 5.41) is 14.4. The van der Waals surface area contributed by atoms with E-state index in [1.54, 1.807) is 22.6 Å². The predicted molar refractivity (Wildman–Crippen MR) is 92.1 cm³/mol. The molecule has 1 aliphatic rings. The molecule has 0 fully saturated rings. The van der Waals surface area contributed by atoms with E-state index in [-0.39, 0.29) is 11.5 Å². The van der Waals surface area contributed by atoms with Gasteiger partial charge in [-0.1, -0.05) is 0 Å². The van der Waals surface area contributed by atoms with Crippen molar-refractivity contribution in [3.8, 4) is 0 Å². The summed E-state index contributed by atoms with van der Waals surface area (Å²) in [4.78, 5) is 29.1. The van der Waals surface area contributed by atoms with E-state index in [0.717, 1.165) is 5.69 Å². The first-order valence-electron chi connectivity index (χ1n) is 8.29. The number of aromatic amines is 1. The summed E-state index contributed by atoms with van der Waals surface area (Å²) < 4.78 is 15.4. The molecule has 1 amide bonds. The van der Waals surface area contributed by atoms with Crippen LogP contribution in [0, 0.1) is 5.82 Å². The second-order valence-electron chi connectivity index (χ2n) is 6.42. The van der Waals surface area contributed by atoms with Gasteiger partial charge in [0.1, 0.15) is 5.82 Å². The van der Waals surface area contributed by atoms with Crippen molar-refractivity contribution in [2.45, 2.75) is 26.1 Å². The summed E-state index contributed by atoms with van der Waals surface area (Å²) in [7, 11) is 0. The number of benzene rings is 1. The number of hydrogen-bond acceptors (Lipinski definition) is 4. The van der Waals surface area contributed by atoms with E-state index in [4.69, 9.17) is 0 Å². The van der Waals surface area contributed by atoms with Crippen molar-refractivity contribution < 1.29 is 14.3 Å². The molecule has 8 heteroatoms. The van der Waals surface area contributed by atoms with Gasteiger partial charge in [-0.25, -0.2) is 4.39 Å². The third kappa shape index (κ3) is 2.78. The molecule has 4 rings (SSSR count). The maximum absolute atomic E-state index is 13.6. The van der Waals surface area contributed by atoms with Gasteiger partial charge in [0.15, 0.2) is 0 Å². The van der Waals surface area contributed by atoms with Crippen LogP contribution in [0.2, 0.25) is 0 Å². The summed E-state index contributed by atoms with van der Waals surface area (Å²) >= 11 is 0. The van der Waals surface area contributed by atoms with Crippen LogP contribution >= 0.6 is 0 Å². The zero-order valence-corrected chi connectivity index (χ0v) is 14.1. The van der Waals surface area contributed by atoms with E-state index in [0.29, 0.717) is 36.2 Å². The Kier molecular flexibility index (Phi) is 3.84. The lowest BCUT2D eigenvalue weighted by atomic mass is 10.1. The minimum atomic E-state index is -0.683. The Labute approximate surface area is 147 Å². The van der Waals surface area contributed by atoms with Crippen molar-refractivity contribution >= 4 is 16.8 Å². The summed E-state index contributed by atoms with van der Waals surface area (Å²) in [6.45, 7) is 2.84. The van der Waals surface area contributed by atoms with Crippen LogP contribution in [0.4, 0.5) is 4.39 Å². The topological polar surface area (TPSA) is 91.2 Å². The SMILES string of the molecule is CC(O)c1cc2n(n1)CCN(C(=O)c1cc(=O)[nH]c3ccc(F)cc13)C2. The third-order valence-corrected chi connectivity index (χ3v) is 4.57. The Balaban J connectivity index is 1.71. The molecule has 0 saturated heterocycles. The number of nitrogens with one attached hydrogen (secondary N) is 1. The molecule has 3 heterocycles. The monoisotopic (exact) mass is 356 g/mol. The fraction of sp³-hybridized carbons (Fsp3) is 0.278. The number of H-pyrrole nitrogens is 1. The second kappa shape index (κ2) is 6.06. The number of aromatic nitrogens is 3. The molecule has 1 aromatic carbocycles. The zero-order chi connectivity index (χ0) is 18.4. The van der Waals surface area contributed by atoms with Gasteiger partial charge in [0.25, 0.3) is 5.91 Å². The van der Waals surface area contributed by atoms with E-state index in [9.17, 15) is 19.1 Å². The minimum absolute atomic E-state index is 0.173. The number of hydrogen-bond donors (Lipinski definition) is 2. The van der Waals surface area contributed by atoms with Crippen LogP contribution in [0.5, 0.6) is 0 Å². The first kappa shape index (κ1) is 16.5. The predicted octanol–water partition coefficient (Wildman–Crippen LogP) is 1.57. The molecule has 26 heavy (non-hydrogen) atoms. The molecule has 1 unspecified atom stereocenters. The lowest BCUT2D eigenvalue weighted by Crippen LogP contribution is -2.38. The number of aliphatic hydroxyl groups is 1. The molecule has 3 aromatic rings. The summed E-state index contributed by atoms with van der Waals surface area (Å²) in [5.41, 5.74) is 1.54. The molecule has 0 bridgehead atoms. The lowest BCUT2D eigenvalue weighted by molar-refractivity contribution is 0.0707. The van der Waals surface area contributed by atoms with Gasteiger partial charge in [0.05, 0.1) is 36.1 Å². The largest absolute Gasteiger partial charge is 0.387 e. The zero-order valence-electron chi connectivity index (χ0n) is 14.1. The lowest BCUT2D eigenvalue weighted by Gasteiger charge is -2.28. The smallest absolute Gasteiger partial charge is 0.255 e. The number of pyridine rings is 1. The maximum Gasteiger partial charge on any atom is 0.255 e. The van der Waals surface area contributed by atoms with Crippen molar-refractivity contribution in [2.75, 3.05) is 6.54 Å². The van der Waals surface area contributed by atoms with Gasteiger partial charge in [0.2, 0.25) is 5.56 Å². The van der Waals surface area contributed by atoms with E-state index in [1.165, 1.54) is 24.3 Å². The van der Waals surface area contributed by atoms with E-state index in [1.807, 2.05) is 0 Å². The molecule has 2 N–H and O–H groups in total. The molecule has 7 nitrogen and oxygen atoms in total. The highest BCUT2D eigenvalue weighted by molar-refractivity contribution is 6.06. The number of aliphatic hydroxyl groups excluding tert-OH is 1. The minimum Gasteiger partial charge on any atom is -0.387 e. The first-order chi connectivity index (χ1) is 12.4. The highest BCUT2D eigenvalue weighted by atomic mass is 19.1. The molecule has 1 aliphatic heterocycles. The Morgan fingerprint density at radius 1 is 1.31 bits per heavy atom. The Hall–Kier alpha value is -3.00. The van der Waals surface area contributed by atoms with Crippen LogP contribution in [0.3, 0.4) is 0 Å². The van der Waals surface area contributed by atoms with Crippen molar-refractivity contribution in [3.05, 3.63) is 63.5 Å². The molecule has 134 valence electrons. The molecule has 0 radical (unpaired) electrons. The molecule has 1 atom stereocenters. The number of rotatable bonds is 2. The van der Waals surface area contributed by atoms with Crippen molar-refractivity contribution in [2.24, 2.45) is 0 Å². The third-order valence-electron chi connectivity index (χ3n) is 4.57. The van der Waals surface area contributed by atoms with E-state index in [2.05, 4.69) is 10.1 Å². The normalized spacial score (nSPS) is 15.1. The van der Waals surface area contributed by atoms with Crippen LogP contribution in [0.25, 0.3) is 10.9 Å². The van der Waals surface area contributed by atoms with Gasteiger partial charge < -0.3 is 15.0 Å². The fourth-order valence-electron chi connectivity index (χ4n) is 3.24. The van der Waals surface area contributed by atoms with Gasteiger partial charge >= 0.3 is 0 Å². The van der Waals surface area contributed by atoms with Crippen LogP contribution < -0.4 is 5.56 Å². The average molecular weight is 356 g/mol. The number of fused-ring (bicyclic) bond motifs is 2. The highest BCUT2D eigenvalue weighted by Gasteiger charge is 2.25. The Morgan fingerprint density at radius 3 is 2.88 bits per heavy atom. The molecule has 0 aliphatic carbocycles. The Bertz CT molecular complexity index is 1070. The number of carbonyl (C=O) groups is 1. The molecule has 0 spiro atoms. The fourth-order valence-corrected chi connectivity index (χ4v) is 3.24. The van der Waals surface area contributed by atoms with Crippen LogP contribution in [0.1, 0.15) is 34.8 Å². The van der Waals surface area contributed by atoms with Crippen LogP contribution in [0.15, 0.2) is 35.1 Å². The Morgan fingerprint density at radius 2 is 2.12 bits per heavy atom. The van der Waals surface area contributed by atoms with Gasteiger partial charge in [-0.3, -0.25) is 14.3 Å². The van der Waals surface area contributed by atoms with Gasteiger partial charge in [0, 0.05) is 23.5 Å². The van der Waals surface area contributed by atoms with Crippen molar-refractivity contribution in [1.29, 1.82) is 0 Å². The van der Waals surface area contributed by atoms with Gasteiger partial charge in [-0.2, -0.15) is 5.10 Å². The van der Waals surface area contributed by atoms with Crippen LogP contribution in [-0.4, -0.2) is 37.2 Å². The standard InChI is InChI=1S/C18H17FN4O3/c1-10(24)16-7-12-9-22(4-5-23(12)21-16)18(26)14-8-17(25)20-15-3-2-11(19)6-13(14)15/h2-3,6-8,10,24H,4-5,9H2,1H3,(H,20,25). The molecule has 2 aromatic heterocycles. The van der Waals surface area contributed by atoms with Gasteiger partial charge in [-0.05, 0) is 31.2 Å². The number of carbonyl (C=O) groups excluding carboxylic acids is 1. The number of amides is 1. The summed E-state index contributed by atoms with van der Waals surface area (Å²) in [6, 6.07) is 6.90. The number of halogens is 1. The first-order valence-corrected chi connectivity index (χ1v) is 8.29. The maximum atomic E-state index is 13.6. The molecular formula is C18H17FN4O3. The van der Waals surface area contributed by atoms with E-state index < -0.39 is 17.5 Å². The highest BCUT2D eigenvalue weighted by Crippen LogP contribution is 2.22. The van der Waals surface area contributed by atoms with Crippen molar-refractivity contribution in [3.63, 3.8) is 0 Å². The summed E-state index contributed by atoms with van der Waals surface area (Å²) in [5.74, 6) is -0.811. The molecule has 0 saturated carbocycles.